The second-order valence-electron chi connectivity index (χ2n) is 3.86. The van der Waals surface area contributed by atoms with E-state index in [2.05, 4.69) is 5.32 Å². The van der Waals surface area contributed by atoms with E-state index in [0.717, 1.165) is 5.56 Å². The maximum absolute atomic E-state index is 11.9. The Hall–Kier alpha value is -1.84. The van der Waals surface area contributed by atoms with Gasteiger partial charge in [-0.15, -0.1) is 0 Å². The smallest absolute Gasteiger partial charge is 0.255 e. The Labute approximate surface area is 111 Å². The van der Waals surface area contributed by atoms with E-state index in [-0.39, 0.29) is 5.91 Å². The van der Waals surface area contributed by atoms with Crippen LogP contribution in [0.2, 0.25) is 5.02 Å². The quantitative estimate of drug-likeness (QED) is 0.891. The van der Waals surface area contributed by atoms with Crippen LogP contribution in [0.25, 0.3) is 0 Å². The minimum absolute atomic E-state index is 0.152. The van der Waals surface area contributed by atoms with E-state index >= 15 is 0 Å². The Bertz CT molecular complexity index is 535. The van der Waals surface area contributed by atoms with Gasteiger partial charge in [0.1, 0.15) is 0 Å². The summed E-state index contributed by atoms with van der Waals surface area (Å²) in [5, 5.41) is 3.43. The highest BCUT2D eigenvalue weighted by Gasteiger charge is 2.05. The first-order valence-electron chi connectivity index (χ1n) is 5.55. The predicted molar refractivity (Wildman–Crippen MR) is 73.7 cm³/mol. The van der Waals surface area contributed by atoms with Crippen molar-refractivity contribution >= 4 is 23.2 Å². The SMILES string of the molecule is NCc1ccc(C(=O)Nc2ccc(Cl)cc2)cc1. The molecule has 2 rings (SSSR count). The van der Waals surface area contributed by atoms with Gasteiger partial charge < -0.3 is 11.1 Å². The van der Waals surface area contributed by atoms with Crippen LogP contribution in [-0.4, -0.2) is 5.91 Å². The van der Waals surface area contributed by atoms with E-state index in [4.69, 9.17) is 17.3 Å². The summed E-state index contributed by atoms with van der Waals surface area (Å²) in [4.78, 5) is 11.9. The average Bonchev–Trinajstić information content (AvgIpc) is 2.41. The van der Waals surface area contributed by atoms with Crippen LogP contribution in [0.3, 0.4) is 0 Å². The highest BCUT2D eigenvalue weighted by molar-refractivity contribution is 6.30. The number of halogens is 1. The Balaban J connectivity index is 2.09. The largest absolute Gasteiger partial charge is 0.326 e. The van der Waals surface area contributed by atoms with Gasteiger partial charge in [-0.05, 0) is 42.0 Å². The minimum Gasteiger partial charge on any atom is -0.326 e. The van der Waals surface area contributed by atoms with Gasteiger partial charge in [0.15, 0.2) is 0 Å². The molecule has 0 aliphatic carbocycles. The van der Waals surface area contributed by atoms with Gasteiger partial charge in [-0.1, -0.05) is 23.7 Å². The van der Waals surface area contributed by atoms with Gasteiger partial charge in [0.25, 0.3) is 5.91 Å². The van der Waals surface area contributed by atoms with Gasteiger partial charge >= 0.3 is 0 Å². The van der Waals surface area contributed by atoms with Crippen molar-refractivity contribution in [3.8, 4) is 0 Å². The number of nitrogens with one attached hydrogen (secondary N) is 1. The van der Waals surface area contributed by atoms with Crippen LogP contribution in [0.15, 0.2) is 48.5 Å². The van der Waals surface area contributed by atoms with Crippen LogP contribution in [0.4, 0.5) is 5.69 Å². The Kier molecular flexibility index (Phi) is 3.97. The third kappa shape index (κ3) is 3.09. The molecule has 1 amide bonds. The molecule has 18 heavy (non-hydrogen) atoms. The second-order valence-corrected chi connectivity index (χ2v) is 4.30. The lowest BCUT2D eigenvalue weighted by Crippen LogP contribution is -2.11. The molecule has 0 aromatic heterocycles. The van der Waals surface area contributed by atoms with Gasteiger partial charge in [-0.2, -0.15) is 0 Å². The lowest BCUT2D eigenvalue weighted by molar-refractivity contribution is 0.102. The van der Waals surface area contributed by atoms with Crippen LogP contribution in [0.1, 0.15) is 15.9 Å². The van der Waals surface area contributed by atoms with E-state index in [9.17, 15) is 4.79 Å². The van der Waals surface area contributed by atoms with Gasteiger partial charge in [-0.25, -0.2) is 0 Å². The predicted octanol–water partition coefficient (Wildman–Crippen LogP) is 3.05. The normalized spacial score (nSPS) is 10.1. The van der Waals surface area contributed by atoms with Crippen LogP contribution < -0.4 is 11.1 Å². The van der Waals surface area contributed by atoms with Crippen molar-refractivity contribution < 1.29 is 4.79 Å². The molecule has 0 fully saturated rings. The Morgan fingerprint density at radius 1 is 1.06 bits per heavy atom. The molecule has 0 saturated heterocycles. The number of nitrogens with two attached hydrogens (primary N) is 1. The fourth-order valence-corrected chi connectivity index (χ4v) is 1.65. The van der Waals surface area contributed by atoms with Crippen LogP contribution in [-0.2, 0) is 6.54 Å². The lowest BCUT2D eigenvalue weighted by atomic mass is 10.1. The molecular formula is C14H13ClN2O. The van der Waals surface area contributed by atoms with Crippen molar-refractivity contribution in [1.82, 2.24) is 0 Å². The van der Waals surface area contributed by atoms with Gasteiger partial charge in [0, 0.05) is 22.8 Å². The molecule has 92 valence electrons. The average molecular weight is 261 g/mol. The number of anilines is 1. The van der Waals surface area contributed by atoms with Crippen molar-refractivity contribution in [2.75, 3.05) is 5.32 Å². The standard InChI is InChI=1S/C14H13ClN2O/c15-12-5-7-13(8-6-12)17-14(18)11-3-1-10(9-16)2-4-11/h1-8H,9,16H2,(H,17,18). The number of hydrogen-bond donors (Lipinski definition) is 2. The molecule has 0 heterocycles. The maximum Gasteiger partial charge on any atom is 0.255 e. The number of benzene rings is 2. The molecule has 3 nitrogen and oxygen atoms in total. The Morgan fingerprint density at radius 3 is 2.22 bits per heavy atom. The minimum atomic E-state index is -0.152. The second kappa shape index (κ2) is 5.67. The van der Waals surface area contributed by atoms with Crippen LogP contribution in [0.5, 0.6) is 0 Å². The molecule has 0 bridgehead atoms. The molecule has 0 aliphatic heterocycles. The zero-order valence-electron chi connectivity index (χ0n) is 9.69. The van der Waals surface area contributed by atoms with Crippen molar-refractivity contribution in [2.24, 2.45) is 5.73 Å². The molecule has 0 radical (unpaired) electrons. The van der Waals surface area contributed by atoms with Crippen LogP contribution >= 0.6 is 11.6 Å². The molecule has 3 N–H and O–H groups in total. The van der Waals surface area contributed by atoms with E-state index in [0.29, 0.717) is 22.8 Å². The topological polar surface area (TPSA) is 55.1 Å². The molecule has 2 aromatic rings. The first-order valence-corrected chi connectivity index (χ1v) is 5.93. The lowest BCUT2D eigenvalue weighted by Gasteiger charge is -2.05. The summed E-state index contributed by atoms with van der Waals surface area (Å²) in [5.74, 6) is -0.152. The van der Waals surface area contributed by atoms with E-state index in [1.807, 2.05) is 12.1 Å². The van der Waals surface area contributed by atoms with Crippen LogP contribution in [0, 0.1) is 0 Å². The molecule has 0 saturated carbocycles. The molecule has 0 spiro atoms. The highest BCUT2D eigenvalue weighted by Crippen LogP contribution is 2.14. The maximum atomic E-state index is 11.9. The number of hydrogen-bond acceptors (Lipinski definition) is 2. The summed E-state index contributed by atoms with van der Waals surface area (Å²) < 4.78 is 0. The van der Waals surface area contributed by atoms with Crippen molar-refractivity contribution in [1.29, 1.82) is 0 Å². The summed E-state index contributed by atoms with van der Waals surface area (Å²) in [6, 6.07) is 14.2. The van der Waals surface area contributed by atoms with E-state index < -0.39 is 0 Å². The summed E-state index contributed by atoms with van der Waals surface area (Å²) >= 11 is 5.77. The molecular weight excluding hydrogens is 248 g/mol. The molecule has 0 aliphatic rings. The first-order chi connectivity index (χ1) is 8.69. The zero-order chi connectivity index (χ0) is 13.0. The Morgan fingerprint density at radius 2 is 1.67 bits per heavy atom. The molecule has 0 unspecified atom stereocenters. The summed E-state index contributed by atoms with van der Waals surface area (Å²) in [6.07, 6.45) is 0. The van der Waals surface area contributed by atoms with Gasteiger partial charge in [0.2, 0.25) is 0 Å². The van der Waals surface area contributed by atoms with Gasteiger partial charge in [-0.3, -0.25) is 4.79 Å². The monoisotopic (exact) mass is 260 g/mol. The number of rotatable bonds is 3. The fraction of sp³-hybridized carbons (Fsp3) is 0.0714. The highest BCUT2D eigenvalue weighted by atomic mass is 35.5. The third-order valence-electron chi connectivity index (χ3n) is 2.55. The van der Waals surface area contributed by atoms with Crippen molar-refractivity contribution in [2.45, 2.75) is 6.54 Å². The molecule has 0 atom stereocenters. The van der Waals surface area contributed by atoms with Crippen molar-refractivity contribution in [3.05, 3.63) is 64.7 Å². The van der Waals surface area contributed by atoms with Crippen molar-refractivity contribution in [3.63, 3.8) is 0 Å². The number of amides is 1. The summed E-state index contributed by atoms with van der Waals surface area (Å²) in [6.45, 7) is 0.471. The number of carbonyl (C=O) groups excluding carboxylic acids is 1. The summed E-state index contributed by atoms with van der Waals surface area (Å²) in [5.41, 5.74) is 7.81. The van der Waals surface area contributed by atoms with E-state index in [1.54, 1.807) is 36.4 Å². The van der Waals surface area contributed by atoms with Gasteiger partial charge in [0.05, 0.1) is 0 Å². The molecule has 2 aromatic carbocycles. The first kappa shape index (κ1) is 12.6. The molecule has 4 heteroatoms. The number of carbonyl (C=O) groups is 1. The van der Waals surface area contributed by atoms with E-state index in [1.165, 1.54) is 0 Å². The third-order valence-corrected chi connectivity index (χ3v) is 2.81. The fourth-order valence-electron chi connectivity index (χ4n) is 1.53. The summed E-state index contributed by atoms with van der Waals surface area (Å²) in [7, 11) is 0. The zero-order valence-corrected chi connectivity index (χ0v) is 10.4.